The zero-order valence-corrected chi connectivity index (χ0v) is 19.4. The maximum Gasteiger partial charge on any atom is 0.158 e. The summed E-state index contributed by atoms with van der Waals surface area (Å²) in [5.74, 6) is 1.52. The van der Waals surface area contributed by atoms with Crippen LogP contribution in [0.5, 0.6) is 0 Å². The van der Waals surface area contributed by atoms with Crippen LogP contribution in [0.25, 0.3) is 10.8 Å². The van der Waals surface area contributed by atoms with Crippen molar-refractivity contribution in [3.63, 3.8) is 0 Å². The highest BCUT2D eigenvalue weighted by atomic mass is 16.5. The van der Waals surface area contributed by atoms with Crippen LogP contribution < -0.4 is 16.0 Å². The van der Waals surface area contributed by atoms with Gasteiger partial charge in [-0.2, -0.15) is 10.4 Å². The molecule has 0 aliphatic carbocycles. The molecule has 9 heteroatoms. The van der Waals surface area contributed by atoms with E-state index in [1.165, 1.54) is 0 Å². The first kappa shape index (κ1) is 22.9. The maximum absolute atomic E-state index is 9.35. The Balaban J connectivity index is 1.59. The van der Waals surface area contributed by atoms with Gasteiger partial charge in [-0.3, -0.25) is 4.90 Å². The van der Waals surface area contributed by atoms with Crippen LogP contribution in [0.1, 0.15) is 28.6 Å². The molecule has 1 aliphatic rings. The molecule has 3 heterocycles. The van der Waals surface area contributed by atoms with E-state index < -0.39 is 6.17 Å². The summed E-state index contributed by atoms with van der Waals surface area (Å²) >= 11 is 0. The summed E-state index contributed by atoms with van der Waals surface area (Å²) in [5.41, 5.74) is 9.63. The molecular formula is C24H30N8O. The van der Waals surface area contributed by atoms with Crippen LogP contribution in [0.15, 0.2) is 30.5 Å². The summed E-state index contributed by atoms with van der Waals surface area (Å²) < 4.78 is 5.20. The van der Waals surface area contributed by atoms with E-state index in [-0.39, 0.29) is 0 Å². The van der Waals surface area contributed by atoms with Crippen molar-refractivity contribution in [2.45, 2.75) is 20.0 Å². The van der Waals surface area contributed by atoms with Crippen molar-refractivity contribution in [1.82, 2.24) is 20.1 Å². The van der Waals surface area contributed by atoms with Gasteiger partial charge in [0, 0.05) is 56.8 Å². The molecule has 1 fully saturated rings. The monoisotopic (exact) mass is 446 g/mol. The van der Waals surface area contributed by atoms with E-state index in [1.807, 2.05) is 32.2 Å². The lowest BCUT2D eigenvalue weighted by atomic mass is 10.0. The Morgan fingerprint density at radius 1 is 1.18 bits per heavy atom. The Morgan fingerprint density at radius 3 is 2.70 bits per heavy atom. The van der Waals surface area contributed by atoms with E-state index >= 15 is 0 Å². The van der Waals surface area contributed by atoms with Crippen LogP contribution in [0.4, 0.5) is 11.6 Å². The predicted molar refractivity (Wildman–Crippen MR) is 129 cm³/mol. The van der Waals surface area contributed by atoms with Gasteiger partial charge in [-0.25, -0.2) is 4.98 Å². The third-order valence-corrected chi connectivity index (χ3v) is 6.27. The summed E-state index contributed by atoms with van der Waals surface area (Å²) in [7, 11) is 1.74. The lowest BCUT2D eigenvalue weighted by molar-refractivity contribution is 0.144. The van der Waals surface area contributed by atoms with Crippen LogP contribution >= 0.6 is 0 Å². The number of fused-ring (bicyclic) bond motifs is 1. The molecule has 172 valence electrons. The molecule has 0 amide bonds. The number of aryl methyl sites for hydroxylation is 1. The number of nitrogens with zero attached hydrogens (tertiary/aromatic N) is 6. The van der Waals surface area contributed by atoms with Crippen LogP contribution in [-0.2, 0) is 4.74 Å². The number of pyridine rings is 1. The molecule has 4 rings (SSSR count). The van der Waals surface area contributed by atoms with Gasteiger partial charge in [0.15, 0.2) is 5.82 Å². The molecular weight excluding hydrogens is 416 g/mol. The maximum atomic E-state index is 9.35. The molecule has 0 saturated carbocycles. The average Bonchev–Trinajstić information content (AvgIpc) is 2.84. The Bertz CT molecular complexity index is 1170. The van der Waals surface area contributed by atoms with Crippen molar-refractivity contribution in [3.8, 4) is 6.07 Å². The molecule has 0 bridgehead atoms. The van der Waals surface area contributed by atoms with Crippen LogP contribution in [0, 0.1) is 25.2 Å². The SMILES string of the molecule is COCCN1CCN(c2cc3c(N[C@H](N)c4cccc(C#N)c4C)nnc(C)c3cn2)CC1. The number of nitrogens with two attached hydrogens (primary N) is 1. The molecule has 9 nitrogen and oxygen atoms in total. The molecule has 33 heavy (non-hydrogen) atoms. The summed E-state index contributed by atoms with van der Waals surface area (Å²) in [6.07, 6.45) is 1.34. The van der Waals surface area contributed by atoms with Crippen molar-refractivity contribution >= 4 is 22.4 Å². The normalized spacial score (nSPS) is 15.4. The van der Waals surface area contributed by atoms with E-state index in [0.717, 1.165) is 72.7 Å². The lowest BCUT2D eigenvalue weighted by Gasteiger charge is -2.35. The van der Waals surface area contributed by atoms with Crippen LogP contribution in [0.2, 0.25) is 0 Å². The number of hydrogen-bond donors (Lipinski definition) is 2. The molecule has 0 unspecified atom stereocenters. The standard InChI is InChI=1S/C24H30N8O/c1-16-18(14-25)5-4-6-19(16)23(26)28-24-20-13-22(27-15-21(20)17(2)29-30-24)32-9-7-31(8-10-32)11-12-33-3/h4-6,13,15,23H,7-12,26H2,1-3H3,(H,28,30)/t23-/m0/s1. The molecule has 0 spiro atoms. The number of piperazine rings is 1. The van der Waals surface area contributed by atoms with E-state index in [9.17, 15) is 5.26 Å². The van der Waals surface area contributed by atoms with Crippen molar-refractivity contribution in [2.24, 2.45) is 5.73 Å². The number of anilines is 2. The summed E-state index contributed by atoms with van der Waals surface area (Å²) in [5, 5.41) is 23.2. The zero-order valence-electron chi connectivity index (χ0n) is 19.4. The highest BCUT2D eigenvalue weighted by molar-refractivity contribution is 5.94. The van der Waals surface area contributed by atoms with Gasteiger partial charge in [0.25, 0.3) is 0 Å². The highest BCUT2D eigenvalue weighted by Crippen LogP contribution is 2.29. The van der Waals surface area contributed by atoms with Crippen molar-refractivity contribution in [3.05, 3.63) is 52.8 Å². The second-order valence-electron chi connectivity index (χ2n) is 8.30. The van der Waals surface area contributed by atoms with Crippen LogP contribution in [-0.4, -0.2) is 66.5 Å². The molecule has 1 aromatic carbocycles. The van der Waals surface area contributed by atoms with Gasteiger partial charge in [-0.05, 0) is 37.1 Å². The Labute approximate surface area is 194 Å². The van der Waals surface area contributed by atoms with Gasteiger partial charge < -0.3 is 20.7 Å². The predicted octanol–water partition coefficient (Wildman–Crippen LogP) is 2.35. The Kier molecular flexibility index (Phi) is 6.99. The number of nitrogens with one attached hydrogen (secondary N) is 1. The number of ether oxygens (including phenoxy) is 1. The van der Waals surface area contributed by atoms with Crippen molar-refractivity contribution < 1.29 is 4.74 Å². The first-order valence-electron chi connectivity index (χ1n) is 11.1. The van der Waals surface area contributed by atoms with Gasteiger partial charge in [0.05, 0.1) is 23.9 Å². The second-order valence-corrected chi connectivity index (χ2v) is 8.30. The summed E-state index contributed by atoms with van der Waals surface area (Å²) in [4.78, 5) is 9.41. The van der Waals surface area contributed by atoms with Crippen molar-refractivity contribution in [2.75, 3.05) is 56.7 Å². The first-order valence-corrected chi connectivity index (χ1v) is 11.1. The smallest absolute Gasteiger partial charge is 0.158 e. The van der Waals surface area contributed by atoms with Crippen molar-refractivity contribution in [1.29, 1.82) is 5.26 Å². The minimum atomic E-state index is -0.528. The van der Waals surface area contributed by atoms with Gasteiger partial charge >= 0.3 is 0 Å². The number of aromatic nitrogens is 3. The Hall–Kier alpha value is -3.32. The fraction of sp³-hybridized carbons (Fsp3) is 0.417. The number of methoxy groups -OCH3 is 1. The van der Waals surface area contributed by atoms with E-state index in [1.54, 1.807) is 13.2 Å². The van der Waals surface area contributed by atoms with Crippen LogP contribution in [0.3, 0.4) is 0 Å². The van der Waals surface area contributed by atoms with Gasteiger partial charge in [0.1, 0.15) is 12.0 Å². The second kappa shape index (κ2) is 10.1. The minimum absolute atomic E-state index is 0.528. The van der Waals surface area contributed by atoms with E-state index in [2.05, 4.69) is 37.4 Å². The van der Waals surface area contributed by atoms with E-state index in [4.69, 9.17) is 15.5 Å². The molecule has 1 aliphatic heterocycles. The average molecular weight is 447 g/mol. The lowest BCUT2D eigenvalue weighted by Crippen LogP contribution is -2.47. The zero-order chi connectivity index (χ0) is 23.4. The molecule has 1 atom stereocenters. The number of benzene rings is 1. The highest BCUT2D eigenvalue weighted by Gasteiger charge is 2.20. The quantitative estimate of drug-likeness (QED) is 0.528. The fourth-order valence-corrected chi connectivity index (χ4v) is 4.20. The molecule has 3 N–H and O–H groups in total. The van der Waals surface area contributed by atoms with Gasteiger partial charge in [0.2, 0.25) is 0 Å². The topological polar surface area (TPSA) is 116 Å². The largest absolute Gasteiger partial charge is 0.383 e. The number of rotatable bonds is 7. The molecule has 2 aromatic heterocycles. The van der Waals surface area contributed by atoms with E-state index in [0.29, 0.717) is 11.4 Å². The molecule has 0 radical (unpaired) electrons. The molecule has 3 aromatic rings. The first-order chi connectivity index (χ1) is 16.0. The number of hydrogen-bond acceptors (Lipinski definition) is 9. The van der Waals surface area contributed by atoms with Gasteiger partial charge in [-0.1, -0.05) is 12.1 Å². The minimum Gasteiger partial charge on any atom is -0.383 e. The third-order valence-electron chi connectivity index (χ3n) is 6.27. The fourth-order valence-electron chi connectivity index (χ4n) is 4.20. The molecule has 1 saturated heterocycles. The third kappa shape index (κ3) is 4.88. The summed E-state index contributed by atoms with van der Waals surface area (Å²) in [6, 6.07) is 9.84. The Morgan fingerprint density at radius 2 is 1.97 bits per heavy atom. The number of nitriles is 1. The summed E-state index contributed by atoms with van der Waals surface area (Å²) in [6.45, 7) is 9.28. The van der Waals surface area contributed by atoms with Gasteiger partial charge in [-0.15, -0.1) is 5.10 Å².